The summed E-state index contributed by atoms with van der Waals surface area (Å²) in [6.45, 7) is 10.1. The normalized spacial score (nSPS) is 28.2. The summed E-state index contributed by atoms with van der Waals surface area (Å²) in [5, 5.41) is 14.9. The van der Waals surface area contributed by atoms with Crippen molar-refractivity contribution in [2.24, 2.45) is 5.92 Å². The van der Waals surface area contributed by atoms with E-state index < -0.39 is 5.97 Å². The fraction of sp³-hybridized carbons (Fsp3) is 0.889. The highest BCUT2D eigenvalue weighted by molar-refractivity contribution is 5.74. The van der Waals surface area contributed by atoms with Crippen LogP contribution in [0.25, 0.3) is 0 Å². The largest absolute Gasteiger partial charge is 0.480 e. The average Bonchev–Trinajstić information content (AvgIpc) is 2.53. The third-order valence-corrected chi connectivity index (χ3v) is 5.58. The van der Waals surface area contributed by atoms with Crippen LogP contribution in [-0.2, 0) is 4.79 Å². The number of carboxylic acids is 1. The first-order chi connectivity index (χ1) is 11.9. The Labute approximate surface area is 151 Å². The van der Waals surface area contributed by atoms with Gasteiger partial charge in [0, 0.05) is 31.2 Å². The highest BCUT2D eigenvalue weighted by Crippen LogP contribution is 2.25. The molecule has 1 saturated carbocycles. The molecule has 1 aliphatic carbocycles. The molecule has 2 unspecified atom stereocenters. The minimum Gasteiger partial charge on any atom is -0.480 e. The molecule has 0 aromatic carbocycles. The number of carbonyl (C=O) groups excluding carboxylic acids is 1. The van der Waals surface area contributed by atoms with Gasteiger partial charge in [0.25, 0.3) is 0 Å². The van der Waals surface area contributed by atoms with E-state index in [1.807, 2.05) is 11.8 Å². The molecule has 2 atom stereocenters. The van der Waals surface area contributed by atoms with Crippen molar-refractivity contribution in [2.45, 2.75) is 64.6 Å². The van der Waals surface area contributed by atoms with Gasteiger partial charge in [0.2, 0.25) is 0 Å². The second-order valence-corrected chi connectivity index (χ2v) is 7.72. The van der Waals surface area contributed by atoms with Crippen LogP contribution in [0, 0.1) is 5.92 Å². The van der Waals surface area contributed by atoms with Crippen LogP contribution in [0.4, 0.5) is 4.79 Å². The third kappa shape index (κ3) is 6.15. The fourth-order valence-electron chi connectivity index (χ4n) is 3.91. The van der Waals surface area contributed by atoms with Crippen molar-refractivity contribution in [1.29, 1.82) is 0 Å². The lowest BCUT2D eigenvalue weighted by atomic mass is 9.85. The van der Waals surface area contributed by atoms with Crippen LogP contribution >= 0.6 is 0 Å². The lowest BCUT2D eigenvalue weighted by molar-refractivity contribution is -0.139. The van der Waals surface area contributed by atoms with Crippen LogP contribution in [0.2, 0.25) is 0 Å². The molecule has 3 N–H and O–H groups in total. The molecular formula is C18H34N4O3. The SMILES string of the molecule is CCN(CC(=O)O)C1CC(NC(=O)NCC(C)N2CCCC(C)C2)C1. The van der Waals surface area contributed by atoms with E-state index in [0.717, 1.165) is 38.4 Å². The first-order valence-electron chi connectivity index (χ1n) is 9.63. The number of nitrogens with zero attached hydrogens (tertiary/aromatic N) is 2. The zero-order valence-electron chi connectivity index (χ0n) is 15.8. The molecule has 144 valence electrons. The predicted molar refractivity (Wildman–Crippen MR) is 97.7 cm³/mol. The van der Waals surface area contributed by atoms with Crippen molar-refractivity contribution >= 4 is 12.0 Å². The van der Waals surface area contributed by atoms with Crippen LogP contribution < -0.4 is 10.6 Å². The van der Waals surface area contributed by atoms with E-state index in [1.54, 1.807) is 0 Å². The van der Waals surface area contributed by atoms with Crippen LogP contribution in [0.15, 0.2) is 0 Å². The minimum absolute atomic E-state index is 0.0753. The number of hydrogen-bond donors (Lipinski definition) is 3. The van der Waals surface area contributed by atoms with Gasteiger partial charge in [-0.2, -0.15) is 0 Å². The van der Waals surface area contributed by atoms with Gasteiger partial charge >= 0.3 is 12.0 Å². The monoisotopic (exact) mass is 354 g/mol. The Morgan fingerprint density at radius 2 is 2.08 bits per heavy atom. The topological polar surface area (TPSA) is 84.9 Å². The van der Waals surface area contributed by atoms with Crippen LogP contribution in [0.3, 0.4) is 0 Å². The highest BCUT2D eigenvalue weighted by Gasteiger charge is 2.34. The van der Waals surface area contributed by atoms with E-state index in [0.29, 0.717) is 12.6 Å². The molecule has 2 amide bonds. The molecule has 2 rings (SSSR count). The van der Waals surface area contributed by atoms with Crippen LogP contribution in [-0.4, -0.2) is 77.8 Å². The Bertz CT molecular complexity index is 454. The molecule has 0 bridgehead atoms. The van der Waals surface area contributed by atoms with Gasteiger partial charge in [-0.15, -0.1) is 0 Å². The fourth-order valence-corrected chi connectivity index (χ4v) is 3.91. The summed E-state index contributed by atoms with van der Waals surface area (Å²) in [5.41, 5.74) is 0. The molecule has 0 spiro atoms. The number of likely N-dealkylation sites (tertiary alicyclic amines) is 1. The zero-order chi connectivity index (χ0) is 18.4. The van der Waals surface area contributed by atoms with Gasteiger partial charge in [-0.25, -0.2) is 4.79 Å². The lowest BCUT2D eigenvalue weighted by Crippen LogP contribution is -2.57. The Balaban J connectivity index is 1.62. The first-order valence-corrected chi connectivity index (χ1v) is 9.63. The number of urea groups is 1. The van der Waals surface area contributed by atoms with Gasteiger partial charge in [0.15, 0.2) is 0 Å². The predicted octanol–water partition coefficient (Wildman–Crippen LogP) is 1.34. The van der Waals surface area contributed by atoms with Gasteiger partial charge in [-0.1, -0.05) is 13.8 Å². The van der Waals surface area contributed by atoms with Crippen molar-refractivity contribution < 1.29 is 14.7 Å². The van der Waals surface area contributed by atoms with E-state index in [1.165, 1.54) is 12.8 Å². The average molecular weight is 354 g/mol. The molecule has 0 radical (unpaired) electrons. The molecule has 2 fully saturated rings. The summed E-state index contributed by atoms with van der Waals surface area (Å²) >= 11 is 0. The minimum atomic E-state index is -0.794. The Kier molecular flexibility index (Phi) is 7.50. The number of carbonyl (C=O) groups is 2. The Hall–Kier alpha value is -1.34. The second-order valence-electron chi connectivity index (χ2n) is 7.72. The van der Waals surface area contributed by atoms with Gasteiger partial charge in [-0.05, 0) is 51.6 Å². The van der Waals surface area contributed by atoms with E-state index in [9.17, 15) is 9.59 Å². The van der Waals surface area contributed by atoms with Crippen molar-refractivity contribution in [3.8, 4) is 0 Å². The summed E-state index contributed by atoms with van der Waals surface area (Å²) in [6, 6.07) is 0.661. The van der Waals surface area contributed by atoms with E-state index >= 15 is 0 Å². The summed E-state index contributed by atoms with van der Waals surface area (Å²) in [7, 11) is 0. The van der Waals surface area contributed by atoms with Gasteiger partial charge < -0.3 is 15.7 Å². The standard InChI is InChI=1S/C18H34N4O3/c1-4-21(12-17(23)24)16-8-15(9-16)20-18(25)19-10-14(3)22-7-5-6-13(2)11-22/h13-16H,4-12H2,1-3H3,(H,23,24)(H2,19,20,25). The van der Waals surface area contributed by atoms with Crippen LogP contribution in [0.1, 0.15) is 46.5 Å². The van der Waals surface area contributed by atoms with E-state index in [-0.39, 0.29) is 24.7 Å². The Morgan fingerprint density at radius 1 is 1.36 bits per heavy atom. The van der Waals surface area contributed by atoms with Crippen molar-refractivity contribution in [3.63, 3.8) is 0 Å². The number of nitrogens with one attached hydrogen (secondary N) is 2. The van der Waals surface area contributed by atoms with Crippen LogP contribution in [0.5, 0.6) is 0 Å². The summed E-state index contributed by atoms with van der Waals surface area (Å²) in [4.78, 5) is 27.3. The van der Waals surface area contributed by atoms with Gasteiger partial charge in [0.1, 0.15) is 0 Å². The van der Waals surface area contributed by atoms with Crippen molar-refractivity contribution in [1.82, 2.24) is 20.4 Å². The summed E-state index contributed by atoms with van der Waals surface area (Å²) < 4.78 is 0. The number of aliphatic carboxylic acids is 1. The molecule has 7 nitrogen and oxygen atoms in total. The highest BCUT2D eigenvalue weighted by atomic mass is 16.4. The lowest BCUT2D eigenvalue weighted by Gasteiger charge is -2.42. The van der Waals surface area contributed by atoms with Crippen molar-refractivity contribution in [3.05, 3.63) is 0 Å². The molecule has 25 heavy (non-hydrogen) atoms. The van der Waals surface area contributed by atoms with Crippen molar-refractivity contribution in [2.75, 3.05) is 32.7 Å². The third-order valence-electron chi connectivity index (χ3n) is 5.58. The second kappa shape index (κ2) is 9.38. The van der Waals surface area contributed by atoms with Gasteiger partial charge in [0.05, 0.1) is 6.54 Å². The summed E-state index contributed by atoms with van der Waals surface area (Å²) in [6.07, 6.45) is 4.20. The molecule has 1 aliphatic heterocycles. The molecule has 1 heterocycles. The number of likely N-dealkylation sites (N-methyl/N-ethyl adjacent to an activating group) is 1. The maximum Gasteiger partial charge on any atom is 0.317 e. The molecule has 2 aliphatic rings. The number of piperidine rings is 1. The first kappa shape index (κ1) is 20.0. The number of hydrogen-bond acceptors (Lipinski definition) is 4. The van der Waals surface area contributed by atoms with E-state index in [2.05, 4.69) is 29.4 Å². The Morgan fingerprint density at radius 3 is 2.68 bits per heavy atom. The molecule has 7 heteroatoms. The zero-order valence-corrected chi connectivity index (χ0v) is 15.8. The number of amides is 2. The maximum atomic E-state index is 12.1. The van der Waals surface area contributed by atoms with E-state index in [4.69, 9.17) is 5.11 Å². The number of rotatable bonds is 8. The number of carboxylic acid groups (broad SMARTS) is 1. The molecule has 0 aromatic rings. The smallest absolute Gasteiger partial charge is 0.317 e. The maximum absolute atomic E-state index is 12.1. The van der Waals surface area contributed by atoms with Gasteiger partial charge in [-0.3, -0.25) is 14.6 Å². The quantitative estimate of drug-likeness (QED) is 0.613. The summed E-state index contributed by atoms with van der Waals surface area (Å²) in [5.74, 6) is -0.0544. The molecule has 1 saturated heterocycles. The molecular weight excluding hydrogens is 320 g/mol. The molecule has 0 aromatic heterocycles.